The number of hydrogen-bond donors (Lipinski definition) is 2. The van der Waals surface area contributed by atoms with Crippen molar-refractivity contribution in [3.63, 3.8) is 0 Å². The summed E-state index contributed by atoms with van der Waals surface area (Å²) in [4.78, 5) is 52.2. The van der Waals surface area contributed by atoms with Gasteiger partial charge in [-0.15, -0.1) is 22.7 Å². The van der Waals surface area contributed by atoms with Crippen LogP contribution in [0.5, 0.6) is 0 Å². The van der Waals surface area contributed by atoms with E-state index in [1.165, 1.54) is 61.2 Å². The number of hydrogen-bond acceptors (Lipinski definition) is 8. The average molecular weight is 529 g/mol. The lowest BCUT2D eigenvalue weighted by atomic mass is 10.1. The minimum Gasteiger partial charge on any atom is -0.465 e. The average Bonchev–Trinajstić information content (AvgIpc) is 3.37. The number of amides is 2. The number of carbonyl (C=O) groups is 4. The molecule has 2 N–H and O–H groups in total. The van der Waals surface area contributed by atoms with Crippen LogP contribution in [0.25, 0.3) is 0 Å². The smallest absolute Gasteiger partial charge is 0.341 e. The third-order valence-corrected chi connectivity index (χ3v) is 7.89. The molecule has 2 amide bonds. The number of ether oxygens (including phenoxy) is 2. The highest BCUT2D eigenvalue weighted by Gasteiger charge is 2.25. The lowest BCUT2D eigenvalue weighted by Gasteiger charge is -2.09. The molecule has 0 aliphatic heterocycles. The number of benzene rings is 1. The molecule has 0 fully saturated rings. The van der Waals surface area contributed by atoms with Gasteiger partial charge in [-0.1, -0.05) is 13.8 Å². The van der Waals surface area contributed by atoms with E-state index in [4.69, 9.17) is 9.47 Å². The van der Waals surface area contributed by atoms with Gasteiger partial charge < -0.3 is 20.1 Å². The number of thiophene rings is 2. The monoisotopic (exact) mass is 528 g/mol. The summed E-state index contributed by atoms with van der Waals surface area (Å²) in [5.74, 6) is -1.82. The first kappa shape index (κ1) is 27.1. The normalized spacial score (nSPS) is 10.6. The third-order valence-electron chi connectivity index (χ3n) is 5.77. The molecule has 3 rings (SSSR count). The Labute approximate surface area is 217 Å². The highest BCUT2D eigenvalue weighted by Crippen LogP contribution is 2.35. The molecule has 0 atom stereocenters. The largest absolute Gasteiger partial charge is 0.465 e. The lowest BCUT2D eigenvalue weighted by molar-refractivity contribution is 0.0592. The standard InChI is InChI=1S/C26H28N2O6S2/c1-7-17-13(3)35-23(19(17)25(31)33-5)27-21(29)15-9-11-16(12-10-15)22(30)28-24-20(26(32)34-6)18(8-2)14(4)36-24/h9-12H,7-8H2,1-6H3,(H,27,29)(H,28,30). The van der Waals surface area contributed by atoms with Crippen molar-refractivity contribution in [1.82, 2.24) is 0 Å². The number of rotatable bonds is 8. The Bertz CT molecular complexity index is 1220. The van der Waals surface area contributed by atoms with Crippen LogP contribution >= 0.6 is 22.7 Å². The summed E-state index contributed by atoms with van der Waals surface area (Å²) in [6.07, 6.45) is 1.27. The van der Waals surface area contributed by atoms with Gasteiger partial charge in [-0.3, -0.25) is 9.59 Å². The molecule has 3 aromatic rings. The molecule has 0 spiro atoms. The molecule has 0 unspecified atom stereocenters. The third kappa shape index (κ3) is 5.34. The lowest BCUT2D eigenvalue weighted by Crippen LogP contribution is -2.16. The molecular formula is C26H28N2O6S2. The number of carbonyl (C=O) groups excluding carboxylic acids is 4. The van der Waals surface area contributed by atoms with Crippen molar-refractivity contribution in [2.24, 2.45) is 0 Å². The van der Waals surface area contributed by atoms with Crippen molar-refractivity contribution < 1.29 is 28.7 Å². The van der Waals surface area contributed by atoms with Crippen molar-refractivity contribution in [1.29, 1.82) is 0 Å². The van der Waals surface area contributed by atoms with Gasteiger partial charge in [0.2, 0.25) is 0 Å². The zero-order valence-electron chi connectivity index (χ0n) is 21.0. The van der Waals surface area contributed by atoms with Crippen LogP contribution in [0.3, 0.4) is 0 Å². The molecule has 8 nitrogen and oxygen atoms in total. The Morgan fingerprint density at radius 2 is 1.03 bits per heavy atom. The minimum absolute atomic E-state index is 0.321. The topological polar surface area (TPSA) is 111 Å². The van der Waals surface area contributed by atoms with E-state index in [9.17, 15) is 19.2 Å². The van der Waals surface area contributed by atoms with Gasteiger partial charge in [-0.2, -0.15) is 0 Å². The van der Waals surface area contributed by atoms with Crippen LogP contribution in [-0.2, 0) is 22.3 Å². The van der Waals surface area contributed by atoms with E-state index in [-0.39, 0.29) is 0 Å². The van der Waals surface area contributed by atoms with Crippen LogP contribution in [0.15, 0.2) is 24.3 Å². The maximum Gasteiger partial charge on any atom is 0.341 e. The van der Waals surface area contributed by atoms with Gasteiger partial charge in [0.15, 0.2) is 0 Å². The van der Waals surface area contributed by atoms with Gasteiger partial charge in [0.05, 0.1) is 25.3 Å². The molecule has 36 heavy (non-hydrogen) atoms. The summed E-state index contributed by atoms with van der Waals surface area (Å²) in [6, 6.07) is 6.12. The van der Waals surface area contributed by atoms with E-state index in [0.717, 1.165) is 20.9 Å². The zero-order chi connectivity index (χ0) is 26.6. The van der Waals surface area contributed by atoms with E-state index >= 15 is 0 Å². The zero-order valence-corrected chi connectivity index (χ0v) is 22.6. The second-order valence-corrected chi connectivity index (χ2v) is 10.3. The second-order valence-electron chi connectivity index (χ2n) is 7.86. The predicted molar refractivity (Wildman–Crippen MR) is 142 cm³/mol. The maximum atomic E-state index is 12.9. The number of methoxy groups -OCH3 is 2. The predicted octanol–water partition coefficient (Wildman–Crippen LogP) is 5.63. The molecule has 2 aromatic heterocycles. The fourth-order valence-corrected chi connectivity index (χ4v) is 6.20. The molecule has 0 bridgehead atoms. The number of nitrogens with one attached hydrogen (secondary N) is 2. The maximum absolute atomic E-state index is 12.9. The van der Waals surface area contributed by atoms with Crippen LogP contribution in [0.1, 0.15) is 76.2 Å². The molecular weight excluding hydrogens is 500 g/mol. The van der Waals surface area contributed by atoms with Crippen LogP contribution in [0, 0.1) is 13.8 Å². The van der Waals surface area contributed by atoms with Crippen molar-refractivity contribution in [2.75, 3.05) is 24.9 Å². The second kappa shape index (κ2) is 11.5. The van der Waals surface area contributed by atoms with Gasteiger partial charge in [-0.05, 0) is 62.1 Å². The Balaban J connectivity index is 1.80. The van der Waals surface area contributed by atoms with E-state index in [1.54, 1.807) is 0 Å². The summed E-state index contributed by atoms with van der Waals surface area (Å²) in [6.45, 7) is 7.66. The number of esters is 2. The van der Waals surface area contributed by atoms with Crippen molar-refractivity contribution in [3.8, 4) is 0 Å². The molecule has 0 saturated heterocycles. The Kier molecular flexibility index (Phi) is 8.65. The first-order valence-corrected chi connectivity index (χ1v) is 12.9. The van der Waals surface area contributed by atoms with Gasteiger partial charge in [0.25, 0.3) is 11.8 Å². The van der Waals surface area contributed by atoms with Crippen LogP contribution in [0.4, 0.5) is 10.0 Å². The molecule has 10 heteroatoms. The summed E-state index contributed by atoms with van der Waals surface area (Å²) in [7, 11) is 2.61. The van der Waals surface area contributed by atoms with Crippen molar-refractivity contribution in [3.05, 3.63) is 67.4 Å². The number of anilines is 2. The Morgan fingerprint density at radius 1 is 0.694 bits per heavy atom. The van der Waals surface area contributed by atoms with E-state index in [1.807, 2.05) is 27.7 Å². The fraction of sp³-hybridized carbons (Fsp3) is 0.308. The summed E-state index contributed by atoms with van der Waals surface area (Å²) >= 11 is 2.64. The van der Waals surface area contributed by atoms with Gasteiger partial charge in [0, 0.05) is 20.9 Å². The highest BCUT2D eigenvalue weighted by atomic mass is 32.1. The van der Waals surface area contributed by atoms with Crippen LogP contribution in [-0.4, -0.2) is 38.0 Å². The van der Waals surface area contributed by atoms with E-state index in [2.05, 4.69) is 10.6 Å². The molecule has 0 saturated carbocycles. The van der Waals surface area contributed by atoms with Gasteiger partial charge in [0.1, 0.15) is 10.0 Å². The fourth-order valence-electron chi connectivity index (χ4n) is 3.94. The Hall–Kier alpha value is -3.50. The summed E-state index contributed by atoms with van der Waals surface area (Å²) in [5.41, 5.74) is 3.06. The number of aryl methyl sites for hydroxylation is 2. The highest BCUT2D eigenvalue weighted by molar-refractivity contribution is 7.17. The molecule has 0 aliphatic rings. The van der Waals surface area contributed by atoms with Crippen molar-refractivity contribution >= 4 is 56.4 Å². The van der Waals surface area contributed by atoms with Crippen molar-refractivity contribution in [2.45, 2.75) is 40.5 Å². The summed E-state index contributed by atoms with van der Waals surface area (Å²) < 4.78 is 9.80. The SMILES string of the molecule is CCc1c(C)sc(NC(=O)c2ccc(C(=O)Nc3sc(C)c(CC)c3C(=O)OC)cc2)c1C(=O)OC. The minimum atomic E-state index is -0.500. The quantitative estimate of drug-likeness (QED) is 0.367. The first-order chi connectivity index (χ1) is 17.2. The molecule has 190 valence electrons. The van der Waals surface area contributed by atoms with Gasteiger partial charge >= 0.3 is 11.9 Å². The van der Waals surface area contributed by atoms with Crippen LogP contribution in [0.2, 0.25) is 0 Å². The first-order valence-electron chi connectivity index (χ1n) is 11.3. The molecule has 0 radical (unpaired) electrons. The van der Waals surface area contributed by atoms with Gasteiger partial charge in [-0.25, -0.2) is 9.59 Å². The molecule has 2 heterocycles. The van der Waals surface area contributed by atoms with E-state index < -0.39 is 23.8 Å². The van der Waals surface area contributed by atoms with E-state index in [0.29, 0.717) is 45.1 Å². The molecule has 0 aliphatic carbocycles. The summed E-state index contributed by atoms with van der Waals surface area (Å²) in [5, 5.41) is 6.45. The Morgan fingerprint density at radius 3 is 1.31 bits per heavy atom. The molecule has 1 aromatic carbocycles. The van der Waals surface area contributed by atoms with Crippen LogP contribution < -0.4 is 10.6 Å².